The van der Waals surface area contributed by atoms with E-state index in [1.165, 1.54) is 173 Å². The second-order valence-electron chi connectivity index (χ2n) is 17.4. The molecule has 346 valence electrons. The fourth-order valence-corrected chi connectivity index (χ4v) is 7.49. The van der Waals surface area contributed by atoms with Crippen molar-refractivity contribution in [2.24, 2.45) is 0 Å². The highest BCUT2D eigenvalue weighted by Crippen LogP contribution is 2.15. The second-order valence-corrected chi connectivity index (χ2v) is 17.4. The fraction of sp³-hybridized carbons (Fsp3) is 0.868. The van der Waals surface area contributed by atoms with Gasteiger partial charge in [-0.1, -0.05) is 212 Å². The van der Waals surface area contributed by atoms with Crippen molar-refractivity contribution in [1.82, 2.24) is 0 Å². The van der Waals surface area contributed by atoms with Crippen molar-refractivity contribution in [1.29, 1.82) is 0 Å². The summed E-state index contributed by atoms with van der Waals surface area (Å²) < 4.78 is 16.8. The number of rotatable bonds is 47. The Balaban J connectivity index is 4.33. The van der Waals surface area contributed by atoms with Crippen molar-refractivity contribution >= 4 is 17.9 Å². The standard InChI is InChI=1S/C53H98O6/c1-4-7-10-13-16-19-22-24-25-26-27-29-31-34-37-40-43-46-52(55)58-49-50(48-57-51(54)45-42-39-36-33-30-21-18-15-12-9-6-3)59-53(56)47-44-41-38-35-32-28-23-20-17-14-11-8-5-2/h20,23-25,50H,4-19,21-22,26-49H2,1-3H3/b23-20-,25-24-/t50-/m0/s1. The predicted octanol–water partition coefficient (Wildman–Crippen LogP) is 16.8. The zero-order chi connectivity index (χ0) is 43.0. The zero-order valence-electron chi connectivity index (χ0n) is 39.5. The third-order valence-electron chi connectivity index (χ3n) is 11.4. The monoisotopic (exact) mass is 831 g/mol. The van der Waals surface area contributed by atoms with Gasteiger partial charge in [0.15, 0.2) is 6.10 Å². The summed E-state index contributed by atoms with van der Waals surface area (Å²) in [6.07, 6.45) is 54.4. The Hall–Kier alpha value is -2.11. The van der Waals surface area contributed by atoms with E-state index in [1.54, 1.807) is 0 Å². The minimum absolute atomic E-state index is 0.0725. The van der Waals surface area contributed by atoms with Crippen LogP contribution in [-0.4, -0.2) is 37.2 Å². The van der Waals surface area contributed by atoms with Crippen LogP contribution in [0.1, 0.15) is 278 Å². The number of unbranched alkanes of at least 4 members (excludes halogenated alkanes) is 32. The largest absolute Gasteiger partial charge is 0.462 e. The van der Waals surface area contributed by atoms with E-state index in [0.717, 1.165) is 64.2 Å². The number of carbonyl (C=O) groups excluding carboxylic acids is 3. The molecule has 0 bridgehead atoms. The van der Waals surface area contributed by atoms with Crippen LogP contribution >= 0.6 is 0 Å². The van der Waals surface area contributed by atoms with Gasteiger partial charge in [0.05, 0.1) is 0 Å². The molecule has 0 N–H and O–H groups in total. The first-order valence-electron chi connectivity index (χ1n) is 25.8. The SMILES string of the molecule is CCCCCC/C=C\CCCCCCCC(=O)O[C@H](COC(=O)CCCCCCCCC/C=C\CCCCCCCC)COC(=O)CCCCCCCCCCCCC. The quantitative estimate of drug-likeness (QED) is 0.0263. The Morgan fingerprint density at radius 3 is 0.864 bits per heavy atom. The summed E-state index contributed by atoms with van der Waals surface area (Å²) >= 11 is 0. The van der Waals surface area contributed by atoms with E-state index >= 15 is 0 Å². The van der Waals surface area contributed by atoms with Gasteiger partial charge in [-0.2, -0.15) is 0 Å². The van der Waals surface area contributed by atoms with Crippen LogP contribution in [0, 0.1) is 0 Å². The molecule has 59 heavy (non-hydrogen) atoms. The van der Waals surface area contributed by atoms with Gasteiger partial charge in [-0.25, -0.2) is 0 Å². The van der Waals surface area contributed by atoms with Crippen molar-refractivity contribution in [3.05, 3.63) is 24.3 Å². The predicted molar refractivity (Wildman–Crippen MR) is 252 cm³/mol. The molecule has 1 atom stereocenters. The molecule has 0 rings (SSSR count). The minimum Gasteiger partial charge on any atom is -0.462 e. The number of esters is 3. The highest BCUT2D eigenvalue weighted by molar-refractivity contribution is 5.71. The van der Waals surface area contributed by atoms with Crippen LogP contribution in [0.25, 0.3) is 0 Å². The van der Waals surface area contributed by atoms with E-state index in [9.17, 15) is 14.4 Å². The average molecular weight is 831 g/mol. The Bertz CT molecular complexity index is 958. The van der Waals surface area contributed by atoms with Crippen LogP contribution in [0.15, 0.2) is 24.3 Å². The van der Waals surface area contributed by atoms with Crippen LogP contribution in [0.5, 0.6) is 0 Å². The van der Waals surface area contributed by atoms with Crippen LogP contribution in [0.2, 0.25) is 0 Å². The molecular formula is C53H98O6. The lowest BCUT2D eigenvalue weighted by Gasteiger charge is -2.18. The third kappa shape index (κ3) is 46.8. The number of hydrogen-bond acceptors (Lipinski definition) is 6. The van der Waals surface area contributed by atoms with E-state index in [-0.39, 0.29) is 31.1 Å². The van der Waals surface area contributed by atoms with E-state index in [1.807, 2.05) is 0 Å². The summed E-state index contributed by atoms with van der Waals surface area (Å²) in [4.78, 5) is 37.9. The molecule has 0 amide bonds. The Labute approximate surface area is 366 Å². The lowest BCUT2D eigenvalue weighted by molar-refractivity contribution is -0.167. The molecule has 0 aliphatic rings. The summed E-state index contributed by atoms with van der Waals surface area (Å²) in [6.45, 7) is 6.62. The minimum atomic E-state index is -0.771. The zero-order valence-corrected chi connectivity index (χ0v) is 39.5. The van der Waals surface area contributed by atoms with E-state index in [0.29, 0.717) is 19.3 Å². The normalized spacial score (nSPS) is 12.1. The molecule has 0 aromatic rings. The first-order chi connectivity index (χ1) is 29.0. The molecule has 0 unspecified atom stereocenters. The molecule has 0 saturated carbocycles. The van der Waals surface area contributed by atoms with Gasteiger partial charge in [-0.05, 0) is 70.6 Å². The fourth-order valence-electron chi connectivity index (χ4n) is 7.49. The maximum absolute atomic E-state index is 12.8. The van der Waals surface area contributed by atoms with Gasteiger partial charge in [0.1, 0.15) is 13.2 Å². The lowest BCUT2D eigenvalue weighted by Crippen LogP contribution is -2.30. The molecule has 6 nitrogen and oxygen atoms in total. The highest BCUT2D eigenvalue weighted by atomic mass is 16.6. The van der Waals surface area contributed by atoms with Crippen LogP contribution < -0.4 is 0 Å². The second kappa shape index (κ2) is 48.6. The lowest BCUT2D eigenvalue weighted by atomic mass is 10.1. The summed E-state index contributed by atoms with van der Waals surface area (Å²) in [5, 5.41) is 0. The van der Waals surface area contributed by atoms with Crippen LogP contribution in [0.4, 0.5) is 0 Å². The molecule has 0 aromatic heterocycles. The van der Waals surface area contributed by atoms with Gasteiger partial charge in [0, 0.05) is 19.3 Å². The first kappa shape index (κ1) is 56.9. The smallest absolute Gasteiger partial charge is 0.306 e. The molecule has 0 saturated heterocycles. The van der Waals surface area contributed by atoms with Gasteiger partial charge in [-0.15, -0.1) is 0 Å². The van der Waals surface area contributed by atoms with Crippen molar-refractivity contribution in [2.45, 2.75) is 284 Å². The molecule has 6 heteroatoms. The van der Waals surface area contributed by atoms with Gasteiger partial charge in [0.2, 0.25) is 0 Å². The number of hydrogen-bond donors (Lipinski definition) is 0. The van der Waals surface area contributed by atoms with Crippen LogP contribution in [-0.2, 0) is 28.6 Å². The van der Waals surface area contributed by atoms with Crippen LogP contribution in [0.3, 0.4) is 0 Å². The maximum Gasteiger partial charge on any atom is 0.306 e. The Morgan fingerprint density at radius 1 is 0.322 bits per heavy atom. The highest BCUT2D eigenvalue weighted by Gasteiger charge is 2.19. The first-order valence-corrected chi connectivity index (χ1v) is 25.8. The molecule has 0 fully saturated rings. The molecule has 0 spiro atoms. The van der Waals surface area contributed by atoms with Gasteiger partial charge >= 0.3 is 17.9 Å². The third-order valence-corrected chi connectivity index (χ3v) is 11.4. The molecule has 0 aliphatic heterocycles. The summed E-state index contributed by atoms with van der Waals surface area (Å²) in [5.74, 6) is -0.875. The maximum atomic E-state index is 12.8. The molecule has 0 aliphatic carbocycles. The number of allylic oxidation sites excluding steroid dienone is 4. The Kier molecular flexibility index (Phi) is 46.8. The van der Waals surface area contributed by atoms with Crippen molar-refractivity contribution in [2.75, 3.05) is 13.2 Å². The molecule has 0 heterocycles. The summed E-state index contributed by atoms with van der Waals surface area (Å²) in [7, 11) is 0. The van der Waals surface area contributed by atoms with Gasteiger partial charge in [0.25, 0.3) is 0 Å². The van der Waals surface area contributed by atoms with Crippen molar-refractivity contribution in [3.8, 4) is 0 Å². The molecule has 0 radical (unpaired) electrons. The van der Waals surface area contributed by atoms with E-state index in [4.69, 9.17) is 14.2 Å². The topological polar surface area (TPSA) is 78.9 Å². The molecular weight excluding hydrogens is 733 g/mol. The van der Waals surface area contributed by atoms with E-state index in [2.05, 4.69) is 45.1 Å². The van der Waals surface area contributed by atoms with Crippen molar-refractivity contribution < 1.29 is 28.6 Å². The van der Waals surface area contributed by atoms with E-state index < -0.39 is 6.10 Å². The van der Waals surface area contributed by atoms with Gasteiger partial charge in [-0.3, -0.25) is 14.4 Å². The average Bonchev–Trinajstić information content (AvgIpc) is 3.23. The summed E-state index contributed by atoms with van der Waals surface area (Å²) in [6, 6.07) is 0. The Morgan fingerprint density at radius 2 is 0.559 bits per heavy atom. The van der Waals surface area contributed by atoms with Crippen molar-refractivity contribution in [3.63, 3.8) is 0 Å². The number of ether oxygens (including phenoxy) is 3. The van der Waals surface area contributed by atoms with Gasteiger partial charge < -0.3 is 14.2 Å². The number of carbonyl (C=O) groups is 3. The molecule has 0 aromatic carbocycles. The summed E-state index contributed by atoms with van der Waals surface area (Å²) in [5.41, 5.74) is 0.